The lowest BCUT2D eigenvalue weighted by Gasteiger charge is -2.22. The number of thioether (sulfide) groups is 1. The van der Waals surface area contributed by atoms with Gasteiger partial charge in [0.1, 0.15) is 18.1 Å². The van der Waals surface area contributed by atoms with Crippen molar-refractivity contribution in [3.63, 3.8) is 0 Å². The average molecular weight is 298 g/mol. The average Bonchev–Trinajstić information content (AvgIpc) is 2.80. The van der Waals surface area contributed by atoms with E-state index in [4.69, 9.17) is 18.9 Å². The summed E-state index contributed by atoms with van der Waals surface area (Å²) in [6.07, 6.45) is -0.471. The molecule has 2 atom stereocenters. The van der Waals surface area contributed by atoms with Crippen LogP contribution in [0.5, 0.6) is 11.5 Å². The van der Waals surface area contributed by atoms with Crippen LogP contribution in [-0.2, 0) is 14.3 Å². The SMILES string of the molecule is COc1ccc(OC2COC(C)(CSC(C)=O)O2)cc1. The third-order valence-electron chi connectivity index (χ3n) is 2.77. The van der Waals surface area contributed by atoms with Gasteiger partial charge in [0.25, 0.3) is 0 Å². The van der Waals surface area contributed by atoms with Crippen molar-refractivity contribution in [1.29, 1.82) is 0 Å². The summed E-state index contributed by atoms with van der Waals surface area (Å²) in [5.41, 5.74) is 0. The minimum Gasteiger partial charge on any atom is -0.497 e. The van der Waals surface area contributed by atoms with E-state index in [2.05, 4.69) is 0 Å². The Hall–Kier alpha value is -1.24. The van der Waals surface area contributed by atoms with Gasteiger partial charge in [-0.05, 0) is 31.2 Å². The fraction of sp³-hybridized carbons (Fsp3) is 0.500. The van der Waals surface area contributed by atoms with Crippen LogP contribution in [0.4, 0.5) is 0 Å². The van der Waals surface area contributed by atoms with Gasteiger partial charge < -0.3 is 18.9 Å². The molecule has 110 valence electrons. The van der Waals surface area contributed by atoms with Crippen molar-refractivity contribution in [3.8, 4) is 11.5 Å². The van der Waals surface area contributed by atoms with Gasteiger partial charge in [-0.1, -0.05) is 11.8 Å². The van der Waals surface area contributed by atoms with Crippen LogP contribution < -0.4 is 9.47 Å². The van der Waals surface area contributed by atoms with Crippen LogP contribution in [0.3, 0.4) is 0 Å². The quantitative estimate of drug-likeness (QED) is 0.832. The van der Waals surface area contributed by atoms with E-state index in [-0.39, 0.29) is 5.12 Å². The highest BCUT2D eigenvalue weighted by molar-refractivity contribution is 8.13. The zero-order valence-corrected chi connectivity index (χ0v) is 12.6. The van der Waals surface area contributed by atoms with Gasteiger partial charge in [-0.3, -0.25) is 4.79 Å². The number of methoxy groups -OCH3 is 1. The predicted molar refractivity (Wildman–Crippen MR) is 76.0 cm³/mol. The minimum atomic E-state index is -0.784. The number of rotatable bonds is 5. The molecule has 20 heavy (non-hydrogen) atoms. The molecule has 0 aliphatic carbocycles. The maximum atomic E-state index is 11.0. The van der Waals surface area contributed by atoms with Crippen molar-refractivity contribution in [2.45, 2.75) is 25.9 Å². The van der Waals surface area contributed by atoms with Crippen LogP contribution in [0.2, 0.25) is 0 Å². The Kier molecular flexibility index (Phi) is 4.91. The summed E-state index contributed by atoms with van der Waals surface area (Å²) in [7, 11) is 1.61. The summed E-state index contributed by atoms with van der Waals surface area (Å²) in [6.45, 7) is 3.66. The number of carbonyl (C=O) groups is 1. The minimum absolute atomic E-state index is 0.0398. The number of carbonyl (C=O) groups excluding carboxylic acids is 1. The van der Waals surface area contributed by atoms with Crippen molar-refractivity contribution in [3.05, 3.63) is 24.3 Å². The molecule has 1 aromatic carbocycles. The summed E-state index contributed by atoms with van der Waals surface area (Å²) in [5.74, 6) is 1.12. The van der Waals surface area contributed by atoms with E-state index in [9.17, 15) is 4.79 Å². The van der Waals surface area contributed by atoms with Crippen molar-refractivity contribution in [2.24, 2.45) is 0 Å². The highest BCUT2D eigenvalue weighted by Crippen LogP contribution is 2.29. The molecule has 1 aromatic rings. The maximum Gasteiger partial charge on any atom is 0.226 e. The third kappa shape index (κ3) is 4.13. The molecular formula is C14H18O5S. The van der Waals surface area contributed by atoms with Gasteiger partial charge in [0.15, 0.2) is 10.9 Å². The highest BCUT2D eigenvalue weighted by atomic mass is 32.2. The summed E-state index contributed by atoms with van der Waals surface area (Å²) in [5, 5.41) is 0.0398. The summed E-state index contributed by atoms with van der Waals surface area (Å²) < 4.78 is 22.0. The van der Waals surface area contributed by atoms with Crippen LogP contribution in [0.1, 0.15) is 13.8 Å². The summed E-state index contributed by atoms with van der Waals surface area (Å²) in [6, 6.07) is 7.25. The predicted octanol–water partition coefficient (Wildman–Crippen LogP) is 2.44. The van der Waals surface area contributed by atoms with Gasteiger partial charge in [0.2, 0.25) is 6.29 Å². The molecule has 2 unspecified atom stereocenters. The lowest BCUT2D eigenvalue weighted by molar-refractivity contribution is -0.163. The molecule has 0 radical (unpaired) electrons. The van der Waals surface area contributed by atoms with Gasteiger partial charge >= 0.3 is 0 Å². The molecule has 0 amide bonds. The number of hydrogen-bond donors (Lipinski definition) is 0. The fourth-order valence-corrected chi connectivity index (χ4v) is 2.38. The molecule has 1 heterocycles. The Morgan fingerprint density at radius 3 is 2.65 bits per heavy atom. The van der Waals surface area contributed by atoms with Gasteiger partial charge in [0.05, 0.1) is 12.9 Å². The van der Waals surface area contributed by atoms with Crippen molar-refractivity contribution < 1.29 is 23.7 Å². The van der Waals surface area contributed by atoms with E-state index in [0.29, 0.717) is 18.1 Å². The van der Waals surface area contributed by atoms with Crippen molar-refractivity contribution in [2.75, 3.05) is 19.5 Å². The standard InChI is InChI=1S/C14H18O5S/c1-10(15)20-9-14(2)17-8-13(19-14)18-12-6-4-11(16-3)5-7-12/h4-7,13H,8-9H2,1-3H3. The normalized spacial score (nSPS) is 25.4. The van der Waals surface area contributed by atoms with Crippen LogP contribution in [0.25, 0.3) is 0 Å². The molecular weight excluding hydrogens is 280 g/mol. The van der Waals surface area contributed by atoms with Gasteiger partial charge in [0, 0.05) is 6.92 Å². The van der Waals surface area contributed by atoms with E-state index in [1.165, 1.54) is 18.7 Å². The Bertz CT molecular complexity index is 461. The summed E-state index contributed by atoms with van der Waals surface area (Å²) in [4.78, 5) is 11.0. The number of ether oxygens (including phenoxy) is 4. The molecule has 1 aliphatic rings. The molecule has 0 spiro atoms. The fourth-order valence-electron chi connectivity index (χ4n) is 1.76. The Labute approximate surface area is 122 Å². The second-order valence-corrected chi connectivity index (χ2v) is 5.72. The van der Waals surface area contributed by atoms with Crippen molar-refractivity contribution >= 4 is 16.9 Å². The molecule has 0 saturated carbocycles. The molecule has 1 saturated heterocycles. The second-order valence-electron chi connectivity index (χ2n) is 4.57. The topological polar surface area (TPSA) is 54.0 Å². The monoisotopic (exact) mass is 298 g/mol. The molecule has 0 bridgehead atoms. The second kappa shape index (κ2) is 6.47. The first-order chi connectivity index (χ1) is 9.50. The Morgan fingerprint density at radius 2 is 2.05 bits per heavy atom. The largest absolute Gasteiger partial charge is 0.497 e. The zero-order chi connectivity index (χ0) is 14.6. The first-order valence-corrected chi connectivity index (χ1v) is 7.25. The Morgan fingerprint density at radius 1 is 1.40 bits per heavy atom. The molecule has 0 N–H and O–H groups in total. The zero-order valence-electron chi connectivity index (χ0n) is 11.8. The van der Waals surface area contributed by atoms with Crippen molar-refractivity contribution in [1.82, 2.24) is 0 Å². The first-order valence-electron chi connectivity index (χ1n) is 6.26. The Balaban J connectivity index is 1.87. The van der Waals surface area contributed by atoms with Crippen LogP contribution in [-0.4, -0.2) is 36.7 Å². The van der Waals surface area contributed by atoms with E-state index < -0.39 is 12.1 Å². The molecule has 2 rings (SSSR count). The third-order valence-corrected chi connectivity index (χ3v) is 3.85. The lowest BCUT2D eigenvalue weighted by atomic mass is 10.3. The van der Waals surface area contributed by atoms with Gasteiger partial charge in [-0.25, -0.2) is 0 Å². The number of benzene rings is 1. The lowest BCUT2D eigenvalue weighted by Crippen LogP contribution is -2.31. The molecule has 6 heteroatoms. The first kappa shape index (κ1) is 15.2. The van der Waals surface area contributed by atoms with Crippen LogP contribution >= 0.6 is 11.8 Å². The van der Waals surface area contributed by atoms with Crippen LogP contribution in [0, 0.1) is 0 Å². The maximum absolute atomic E-state index is 11.0. The molecule has 5 nitrogen and oxygen atoms in total. The highest BCUT2D eigenvalue weighted by Gasteiger charge is 2.38. The molecule has 0 aromatic heterocycles. The van der Waals surface area contributed by atoms with E-state index >= 15 is 0 Å². The van der Waals surface area contributed by atoms with E-state index in [1.807, 2.05) is 24.3 Å². The molecule has 1 fully saturated rings. The van der Waals surface area contributed by atoms with E-state index in [0.717, 1.165) is 5.75 Å². The van der Waals surface area contributed by atoms with Gasteiger partial charge in [-0.15, -0.1) is 0 Å². The molecule has 1 aliphatic heterocycles. The van der Waals surface area contributed by atoms with Crippen LogP contribution in [0.15, 0.2) is 24.3 Å². The van der Waals surface area contributed by atoms with E-state index in [1.54, 1.807) is 14.0 Å². The summed E-state index contributed by atoms with van der Waals surface area (Å²) >= 11 is 1.18. The van der Waals surface area contributed by atoms with Gasteiger partial charge in [-0.2, -0.15) is 0 Å². The number of hydrogen-bond acceptors (Lipinski definition) is 6. The smallest absolute Gasteiger partial charge is 0.226 e.